The average molecular weight is 221 g/mol. The molecule has 0 saturated heterocycles. The van der Waals surface area contributed by atoms with Crippen LogP contribution in [0.3, 0.4) is 0 Å². The predicted molar refractivity (Wildman–Crippen MR) is 55.3 cm³/mol. The minimum atomic E-state index is -1.10. The number of carbonyl (C=O) groups is 3. The molecule has 0 aromatic carbocycles. The Morgan fingerprint density at radius 3 is 2.06 bits per heavy atom. The first-order valence-electron chi connectivity index (χ1n) is 4.63. The lowest BCUT2D eigenvalue weighted by Gasteiger charge is -2.09. The number of carbonyl (C=O) groups excluding carboxylic acids is 2. The number of hydrogen-bond donors (Lipinski definition) is 1. The number of aromatic nitrogens is 1. The monoisotopic (exact) mass is 221 g/mol. The lowest BCUT2D eigenvalue weighted by molar-refractivity contribution is -0.126. The third kappa shape index (κ3) is 2.50. The highest BCUT2D eigenvalue weighted by atomic mass is 16.4. The van der Waals surface area contributed by atoms with Crippen molar-refractivity contribution in [1.82, 2.24) is 4.98 Å². The lowest BCUT2D eigenvalue weighted by Crippen LogP contribution is -2.18. The molecule has 1 heterocycles. The van der Waals surface area contributed by atoms with Crippen molar-refractivity contribution in [2.75, 3.05) is 0 Å². The van der Waals surface area contributed by atoms with Crippen LogP contribution in [0.2, 0.25) is 0 Å². The number of rotatable bonds is 4. The molecule has 5 nitrogen and oxygen atoms in total. The van der Waals surface area contributed by atoms with Crippen LogP contribution in [-0.4, -0.2) is 27.6 Å². The van der Waals surface area contributed by atoms with Crippen molar-refractivity contribution < 1.29 is 19.5 Å². The summed E-state index contributed by atoms with van der Waals surface area (Å²) in [4.78, 5) is 36.9. The Hall–Kier alpha value is -2.04. The van der Waals surface area contributed by atoms with Crippen molar-refractivity contribution in [3.8, 4) is 0 Å². The van der Waals surface area contributed by atoms with Crippen LogP contribution in [0.4, 0.5) is 0 Å². The number of carboxylic acids is 1. The molecule has 1 N–H and O–H groups in total. The smallest absolute Gasteiger partial charge is 0.337 e. The van der Waals surface area contributed by atoms with Crippen molar-refractivity contribution in [1.29, 1.82) is 0 Å². The van der Waals surface area contributed by atoms with Crippen LogP contribution < -0.4 is 0 Å². The van der Waals surface area contributed by atoms with Gasteiger partial charge in [0.1, 0.15) is 17.5 Å². The molecular formula is C11H11NO4. The molecule has 0 radical (unpaired) electrons. The van der Waals surface area contributed by atoms with Crippen LogP contribution in [-0.2, 0) is 9.59 Å². The maximum atomic E-state index is 11.2. The summed E-state index contributed by atoms with van der Waals surface area (Å²) in [5, 5.41) is 8.66. The van der Waals surface area contributed by atoms with E-state index in [4.69, 9.17) is 5.11 Å². The third-order valence-electron chi connectivity index (χ3n) is 2.14. The van der Waals surface area contributed by atoms with Crippen LogP contribution in [0.1, 0.15) is 35.8 Å². The molecule has 0 amide bonds. The van der Waals surface area contributed by atoms with Gasteiger partial charge in [-0.05, 0) is 26.0 Å². The van der Waals surface area contributed by atoms with E-state index < -0.39 is 11.9 Å². The molecule has 0 fully saturated rings. The predicted octanol–water partition coefficient (Wildman–Crippen LogP) is 1.04. The topological polar surface area (TPSA) is 84.3 Å². The summed E-state index contributed by atoms with van der Waals surface area (Å²) in [6, 6.07) is 2.71. The number of Topliss-reactive ketones (excluding diaryl/α,β-unsaturated/α-hetero) is 2. The normalized spacial score (nSPS) is 10.2. The summed E-state index contributed by atoms with van der Waals surface area (Å²) in [6.45, 7) is 2.61. The molecule has 0 saturated carbocycles. The van der Waals surface area contributed by atoms with Gasteiger partial charge in [0.15, 0.2) is 0 Å². The number of nitrogens with zero attached hydrogens (tertiary/aromatic N) is 1. The number of hydrogen-bond acceptors (Lipinski definition) is 4. The highest BCUT2D eigenvalue weighted by Crippen LogP contribution is 2.16. The quantitative estimate of drug-likeness (QED) is 0.768. The van der Waals surface area contributed by atoms with E-state index in [2.05, 4.69) is 4.98 Å². The number of pyridine rings is 1. The van der Waals surface area contributed by atoms with E-state index in [1.54, 1.807) is 0 Å². The maximum absolute atomic E-state index is 11.2. The fourth-order valence-electron chi connectivity index (χ4n) is 1.41. The second-order valence-electron chi connectivity index (χ2n) is 3.43. The van der Waals surface area contributed by atoms with Gasteiger partial charge in [0.05, 0.1) is 11.3 Å². The molecule has 0 bridgehead atoms. The zero-order chi connectivity index (χ0) is 12.3. The van der Waals surface area contributed by atoms with Gasteiger partial charge in [0.25, 0.3) is 0 Å². The molecule has 0 atom stereocenters. The molecule has 0 unspecified atom stereocenters. The van der Waals surface area contributed by atoms with Crippen molar-refractivity contribution in [3.05, 3.63) is 29.6 Å². The summed E-state index contributed by atoms with van der Waals surface area (Å²) >= 11 is 0. The Bertz CT molecular complexity index is 422. The van der Waals surface area contributed by atoms with Gasteiger partial charge in [-0.1, -0.05) is 0 Å². The fraction of sp³-hybridized carbons (Fsp3) is 0.273. The van der Waals surface area contributed by atoms with Gasteiger partial charge in [-0.3, -0.25) is 14.6 Å². The molecule has 16 heavy (non-hydrogen) atoms. The van der Waals surface area contributed by atoms with Crippen molar-refractivity contribution >= 4 is 17.5 Å². The van der Waals surface area contributed by atoms with Gasteiger partial charge in [0.2, 0.25) is 0 Å². The Labute approximate surface area is 92.1 Å². The van der Waals surface area contributed by atoms with E-state index in [1.165, 1.54) is 26.0 Å². The minimum Gasteiger partial charge on any atom is -0.478 e. The molecule has 0 aliphatic carbocycles. The molecule has 1 rings (SSSR count). The van der Waals surface area contributed by atoms with Gasteiger partial charge in [-0.2, -0.15) is 0 Å². The lowest BCUT2D eigenvalue weighted by atomic mass is 9.96. The highest BCUT2D eigenvalue weighted by molar-refractivity contribution is 6.05. The van der Waals surface area contributed by atoms with Crippen LogP contribution in [0.15, 0.2) is 18.3 Å². The first kappa shape index (κ1) is 12.0. The minimum absolute atomic E-state index is 0.0228. The van der Waals surface area contributed by atoms with Crippen LogP contribution in [0, 0.1) is 0 Å². The number of aromatic carboxylic acids is 1. The Kier molecular flexibility index (Phi) is 3.50. The molecule has 1 aromatic rings. The van der Waals surface area contributed by atoms with Crippen LogP contribution in [0.25, 0.3) is 0 Å². The molecule has 0 aliphatic rings. The summed E-state index contributed by atoms with van der Waals surface area (Å²) < 4.78 is 0. The summed E-state index contributed by atoms with van der Waals surface area (Å²) in [6.07, 6.45) is 1.14. The van der Waals surface area contributed by atoms with E-state index in [0.29, 0.717) is 0 Å². The summed E-state index contributed by atoms with van der Waals surface area (Å²) in [5.41, 5.74) is 0.305. The summed E-state index contributed by atoms with van der Waals surface area (Å²) in [5.74, 6) is -2.60. The van der Waals surface area contributed by atoms with Crippen molar-refractivity contribution in [3.63, 3.8) is 0 Å². The molecule has 1 aromatic heterocycles. The van der Waals surface area contributed by atoms with Gasteiger partial charge in [0, 0.05) is 6.20 Å². The molecular weight excluding hydrogens is 210 g/mol. The zero-order valence-corrected chi connectivity index (χ0v) is 8.93. The third-order valence-corrected chi connectivity index (χ3v) is 2.14. The van der Waals surface area contributed by atoms with E-state index in [-0.39, 0.29) is 22.8 Å². The van der Waals surface area contributed by atoms with E-state index in [0.717, 1.165) is 6.20 Å². The standard InChI is InChI=1S/C11H11NO4/c1-6(13)10(7(2)14)9-4-3-8(5-12-9)11(15)16/h3-5,10H,1-2H3,(H,15,16). The fourth-order valence-corrected chi connectivity index (χ4v) is 1.41. The number of ketones is 2. The largest absolute Gasteiger partial charge is 0.478 e. The van der Waals surface area contributed by atoms with E-state index in [9.17, 15) is 14.4 Å². The van der Waals surface area contributed by atoms with Crippen molar-refractivity contribution in [2.45, 2.75) is 19.8 Å². The maximum Gasteiger partial charge on any atom is 0.337 e. The molecule has 5 heteroatoms. The Morgan fingerprint density at radius 2 is 1.75 bits per heavy atom. The molecule has 0 spiro atoms. The Balaban J connectivity index is 3.08. The number of carboxylic acid groups (broad SMARTS) is 1. The van der Waals surface area contributed by atoms with E-state index >= 15 is 0 Å². The van der Waals surface area contributed by atoms with Crippen LogP contribution in [0.5, 0.6) is 0 Å². The zero-order valence-electron chi connectivity index (χ0n) is 8.93. The summed E-state index contributed by atoms with van der Waals surface area (Å²) in [7, 11) is 0. The average Bonchev–Trinajstić information content (AvgIpc) is 2.17. The van der Waals surface area contributed by atoms with Gasteiger partial charge >= 0.3 is 5.97 Å². The highest BCUT2D eigenvalue weighted by Gasteiger charge is 2.23. The van der Waals surface area contributed by atoms with E-state index in [1.807, 2.05) is 0 Å². The van der Waals surface area contributed by atoms with Gasteiger partial charge < -0.3 is 5.11 Å². The van der Waals surface area contributed by atoms with Gasteiger partial charge in [-0.25, -0.2) is 4.79 Å². The van der Waals surface area contributed by atoms with Crippen molar-refractivity contribution in [2.24, 2.45) is 0 Å². The SMILES string of the molecule is CC(=O)C(C(C)=O)c1ccc(C(=O)O)cn1. The van der Waals surface area contributed by atoms with Gasteiger partial charge in [-0.15, -0.1) is 0 Å². The molecule has 0 aliphatic heterocycles. The first-order chi connectivity index (χ1) is 7.43. The second kappa shape index (κ2) is 4.65. The second-order valence-corrected chi connectivity index (χ2v) is 3.43. The first-order valence-corrected chi connectivity index (χ1v) is 4.63. The van der Waals surface area contributed by atoms with Crippen LogP contribution >= 0.6 is 0 Å². The Morgan fingerprint density at radius 1 is 1.19 bits per heavy atom. The molecule has 84 valence electrons.